The first kappa shape index (κ1) is 39.9. The predicted octanol–water partition coefficient (Wildman–Crippen LogP) is 3.80. The summed E-state index contributed by atoms with van der Waals surface area (Å²) >= 11 is 0. The number of carbonyl (C=O) groups is 3. The highest BCUT2D eigenvalue weighted by molar-refractivity contribution is 7.90. The number of carbonyl (C=O) groups excluding carboxylic acids is 2. The van der Waals surface area contributed by atoms with Gasteiger partial charge >= 0.3 is 12.1 Å². The van der Waals surface area contributed by atoms with Crippen molar-refractivity contribution >= 4 is 34.0 Å². The normalized spacial score (nSPS) is 15.3. The molecule has 2 aromatic carbocycles. The van der Waals surface area contributed by atoms with Crippen molar-refractivity contribution in [2.24, 2.45) is 10.7 Å². The lowest BCUT2D eigenvalue weighted by molar-refractivity contribution is -0.142. The number of amides is 2. The Kier molecular flexibility index (Phi) is 12.8. The smallest absolute Gasteiger partial charge is 0.408 e. The Morgan fingerprint density at radius 2 is 1.68 bits per heavy atom. The van der Waals surface area contributed by atoms with E-state index in [1.807, 2.05) is 27.7 Å². The standard InChI is InChI=1S/C35H51N5O9S/c1-10-47-24-15-13-23(14-16-24)18-27(39-33(44)49-34(5,6)7)30(41)38-26(31(42)43)12-11-17-37-32(36)40-50(45,46)29-21(3)20(2)28-25(22(29)4)19-35(8,9)48-28/h13-16,26-27H,10-12,17-19H2,1-9H3,(H,38,41)(H,39,44)(H,42,43)(H3,36,37,40)/t26-,27-/m0/s1. The maximum atomic E-state index is 13.5. The summed E-state index contributed by atoms with van der Waals surface area (Å²) in [5, 5.41) is 14.9. The van der Waals surface area contributed by atoms with Crippen LogP contribution in [0, 0.1) is 20.8 Å². The molecule has 276 valence electrons. The first-order chi connectivity index (χ1) is 23.1. The maximum absolute atomic E-state index is 13.5. The minimum atomic E-state index is -4.11. The van der Waals surface area contributed by atoms with Gasteiger partial charge in [0, 0.05) is 24.9 Å². The molecule has 0 bridgehead atoms. The Morgan fingerprint density at radius 1 is 1.04 bits per heavy atom. The van der Waals surface area contributed by atoms with Gasteiger partial charge < -0.3 is 35.7 Å². The number of fused-ring (bicyclic) bond motifs is 1. The summed E-state index contributed by atoms with van der Waals surface area (Å²) in [5.74, 6) is -1.03. The van der Waals surface area contributed by atoms with Crippen molar-refractivity contribution < 1.29 is 42.1 Å². The second kappa shape index (κ2) is 16.0. The maximum Gasteiger partial charge on any atom is 0.408 e. The Morgan fingerprint density at radius 3 is 2.26 bits per heavy atom. The zero-order chi connectivity index (χ0) is 37.6. The Labute approximate surface area is 294 Å². The van der Waals surface area contributed by atoms with Gasteiger partial charge in [-0.15, -0.1) is 0 Å². The molecule has 0 aliphatic carbocycles. The molecule has 0 spiro atoms. The molecule has 15 heteroatoms. The van der Waals surface area contributed by atoms with Gasteiger partial charge in [-0.1, -0.05) is 12.1 Å². The topological polar surface area (TPSA) is 208 Å². The predicted molar refractivity (Wildman–Crippen MR) is 189 cm³/mol. The number of nitrogens with zero attached hydrogens (tertiary/aromatic N) is 1. The van der Waals surface area contributed by atoms with Crippen LogP contribution in [0.1, 0.15) is 82.2 Å². The molecule has 0 fully saturated rings. The van der Waals surface area contributed by atoms with Gasteiger partial charge in [-0.2, -0.15) is 0 Å². The third-order valence-electron chi connectivity index (χ3n) is 8.03. The van der Waals surface area contributed by atoms with Crippen molar-refractivity contribution in [2.45, 2.75) is 116 Å². The molecule has 50 heavy (non-hydrogen) atoms. The molecule has 0 unspecified atom stereocenters. The number of sulfonamides is 1. The van der Waals surface area contributed by atoms with Crippen LogP contribution < -0.4 is 30.6 Å². The summed E-state index contributed by atoms with van der Waals surface area (Å²) in [5.41, 5.74) is 8.07. The van der Waals surface area contributed by atoms with Crippen molar-refractivity contribution in [1.29, 1.82) is 0 Å². The Balaban J connectivity index is 1.67. The van der Waals surface area contributed by atoms with Gasteiger partial charge in [-0.05, 0) is 110 Å². The second-order valence-corrected chi connectivity index (χ2v) is 15.6. The summed E-state index contributed by atoms with van der Waals surface area (Å²) < 4.78 is 46.1. The van der Waals surface area contributed by atoms with Crippen LogP contribution in [0.2, 0.25) is 0 Å². The number of aliphatic imine (C=N–C) groups is 1. The van der Waals surface area contributed by atoms with E-state index in [1.54, 1.807) is 58.9 Å². The van der Waals surface area contributed by atoms with Crippen LogP contribution >= 0.6 is 0 Å². The quantitative estimate of drug-likeness (QED) is 0.109. The number of nitrogens with one attached hydrogen (secondary N) is 3. The first-order valence-corrected chi connectivity index (χ1v) is 18.0. The summed E-state index contributed by atoms with van der Waals surface area (Å²) in [7, 11) is -4.11. The van der Waals surface area contributed by atoms with Crippen LogP contribution in [0.3, 0.4) is 0 Å². The van der Waals surface area contributed by atoms with E-state index in [0.29, 0.717) is 41.2 Å². The van der Waals surface area contributed by atoms with Crippen LogP contribution in [0.4, 0.5) is 4.79 Å². The molecule has 1 aliphatic rings. The molecule has 2 aromatic rings. The molecule has 6 N–H and O–H groups in total. The van der Waals surface area contributed by atoms with E-state index < -0.39 is 51.3 Å². The number of ether oxygens (including phenoxy) is 3. The average Bonchev–Trinajstić information content (AvgIpc) is 3.32. The van der Waals surface area contributed by atoms with Crippen molar-refractivity contribution in [3.63, 3.8) is 0 Å². The molecule has 14 nitrogen and oxygen atoms in total. The average molecular weight is 718 g/mol. The van der Waals surface area contributed by atoms with Crippen LogP contribution in [-0.4, -0.2) is 73.9 Å². The number of nitrogens with two attached hydrogens (primary N) is 1. The van der Waals surface area contributed by atoms with Gasteiger partial charge in [0.05, 0.1) is 11.5 Å². The van der Waals surface area contributed by atoms with E-state index >= 15 is 0 Å². The van der Waals surface area contributed by atoms with Gasteiger partial charge in [0.15, 0.2) is 0 Å². The van der Waals surface area contributed by atoms with E-state index in [4.69, 9.17) is 19.9 Å². The lowest BCUT2D eigenvalue weighted by Gasteiger charge is -2.24. The minimum absolute atomic E-state index is 0.0248. The molecule has 1 heterocycles. The van der Waals surface area contributed by atoms with Crippen LogP contribution in [0.25, 0.3) is 0 Å². The largest absolute Gasteiger partial charge is 0.494 e. The number of carboxylic acid groups (broad SMARTS) is 1. The van der Waals surface area contributed by atoms with Crippen LogP contribution in [0.15, 0.2) is 34.2 Å². The SMILES string of the molecule is CCOc1ccc(C[C@H](NC(=O)OC(C)(C)C)C(=O)N[C@@H](CCCN=C(N)NS(=O)(=O)c2c(C)c(C)c3c(c2C)CC(C)(C)O3)C(=O)O)cc1. The number of rotatable bonds is 14. The monoisotopic (exact) mass is 717 g/mol. The third-order valence-corrected chi connectivity index (χ3v) is 9.66. The summed E-state index contributed by atoms with van der Waals surface area (Å²) in [6.07, 6.45) is -0.128. The molecular formula is C35H51N5O9S. The fourth-order valence-corrected chi connectivity index (χ4v) is 7.20. The number of carboxylic acids is 1. The Hall–Kier alpha value is -4.53. The summed E-state index contributed by atoms with van der Waals surface area (Å²) in [6, 6.07) is 4.48. The molecule has 0 saturated carbocycles. The van der Waals surface area contributed by atoms with Gasteiger partial charge in [-0.3, -0.25) is 9.79 Å². The lowest BCUT2D eigenvalue weighted by atomic mass is 9.94. The molecule has 2 atom stereocenters. The molecule has 3 rings (SSSR count). The lowest BCUT2D eigenvalue weighted by Crippen LogP contribution is -2.53. The Bertz CT molecular complexity index is 1720. The van der Waals surface area contributed by atoms with E-state index in [0.717, 1.165) is 11.1 Å². The fourth-order valence-electron chi connectivity index (χ4n) is 5.68. The third kappa shape index (κ3) is 10.7. The highest BCUT2D eigenvalue weighted by Gasteiger charge is 2.37. The van der Waals surface area contributed by atoms with E-state index in [2.05, 4.69) is 20.3 Å². The number of alkyl carbamates (subject to hydrolysis) is 1. The van der Waals surface area contributed by atoms with Gasteiger partial charge in [-0.25, -0.2) is 22.7 Å². The highest BCUT2D eigenvalue weighted by Crippen LogP contribution is 2.43. The van der Waals surface area contributed by atoms with E-state index in [-0.39, 0.29) is 36.7 Å². The number of hydrogen-bond donors (Lipinski definition) is 5. The molecular weight excluding hydrogens is 666 g/mol. The first-order valence-electron chi connectivity index (χ1n) is 16.5. The van der Waals surface area contributed by atoms with E-state index in [9.17, 15) is 27.9 Å². The van der Waals surface area contributed by atoms with Crippen LogP contribution in [-0.2, 0) is 37.2 Å². The summed E-state index contributed by atoms with van der Waals surface area (Å²) in [6.45, 7) is 16.5. The second-order valence-electron chi connectivity index (χ2n) is 13.9. The van der Waals surface area contributed by atoms with Crippen molar-refractivity contribution in [3.8, 4) is 11.5 Å². The zero-order valence-corrected chi connectivity index (χ0v) is 31.2. The highest BCUT2D eigenvalue weighted by atomic mass is 32.2. The fraction of sp³-hybridized carbons (Fsp3) is 0.543. The van der Waals surface area contributed by atoms with Crippen LogP contribution in [0.5, 0.6) is 11.5 Å². The molecule has 0 saturated heterocycles. The number of hydrogen-bond acceptors (Lipinski definition) is 9. The molecule has 0 aromatic heterocycles. The van der Waals surface area contributed by atoms with Crippen molar-refractivity contribution in [2.75, 3.05) is 13.2 Å². The van der Waals surface area contributed by atoms with Gasteiger partial charge in [0.2, 0.25) is 11.9 Å². The van der Waals surface area contributed by atoms with E-state index in [1.165, 1.54) is 0 Å². The molecule has 0 radical (unpaired) electrons. The number of aliphatic carboxylic acids is 1. The number of benzene rings is 2. The zero-order valence-electron chi connectivity index (χ0n) is 30.4. The van der Waals surface area contributed by atoms with Crippen molar-refractivity contribution in [3.05, 3.63) is 52.1 Å². The number of guanidine groups is 1. The van der Waals surface area contributed by atoms with Gasteiger partial charge in [0.1, 0.15) is 34.8 Å². The molecule has 2 amide bonds. The summed E-state index contributed by atoms with van der Waals surface area (Å²) in [4.78, 5) is 42.3. The van der Waals surface area contributed by atoms with Crippen molar-refractivity contribution in [1.82, 2.24) is 15.4 Å². The van der Waals surface area contributed by atoms with Gasteiger partial charge in [0.25, 0.3) is 10.0 Å². The molecule has 1 aliphatic heterocycles. The minimum Gasteiger partial charge on any atom is -0.494 e.